The van der Waals surface area contributed by atoms with Crippen molar-refractivity contribution in [2.75, 3.05) is 24.6 Å². The van der Waals surface area contributed by atoms with Crippen molar-refractivity contribution < 1.29 is 5.11 Å². The molecule has 0 saturated carbocycles. The first kappa shape index (κ1) is 12.8. The quantitative estimate of drug-likeness (QED) is 0.547. The summed E-state index contributed by atoms with van der Waals surface area (Å²) in [6.07, 6.45) is 6.54. The van der Waals surface area contributed by atoms with Gasteiger partial charge in [-0.2, -0.15) is 0 Å². The second-order valence-corrected chi connectivity index (χ2v) is 4.77. The molecule has 18 heavy (non-hydrogen) atoms. The van der Waals surface area contributed by atoms with Crippen molar-refractivity contribution in [3.63, 3.8) is 0 Å². The molecule has 0 spiro atoms. The summed E-state index contributed by atoms with van der Waals surface area (Å²) in [7, 11) is 0. The van der Waals surface area contributed by atoms with Gasteiger partial charge in [0.25, 0.3) is 0 Å². The predicted octanol–water partition coefficient (Wildman–Crippen LogP) is 0.964. The van der Waals surface area contributed by atoms with E-state index in [1.165, 1.54) is 0 Å². The van der Waals surface area contributed by atoms with E-state index in [9.17, 15) is 0 Å². The fourth-order valence-corrected chi connectivity index (χ4v) is 2.57. The van der Waals surface area contributed by atoms with Crippen LogP contribution in [-0.2, 0) is 0 Å². The molecular formula is C13H20N4O. The Balaban J connectivity index is 2.18. The van der Waals surface area contributed by atoms with E-state index in [0.29, 0.717) is 5.92 Å². The molecule has 1 aromatic rings. The van der Waals surface area contributed by atoms with Crippen LogP contribution in [0.1, 0.15) is 24.8 Å². The highest BCUT2D eigenvalue weighted by Gasteiger charge is 2.22. The van der Waals surface area contributed by atoms with Crippen molar-refractivity contribution in [3.8, 4) is 0 Å². The largest absolute Gasteiger partial charge is 0.396 e. The van der Waals surface area contributed by atoms with Crippen molar-refractivity contribution >= 4 is 11.5 Å². The first-order chi connectivity index (χ1) is 8.72. The SMILES string of the molecule is N=C(N)c1ccncc1N1CCCC(CCO)C1. The van der Waals surface area contributed by atoms with Gasteiger partial charge in [0.2, 0.25) is 0 Å². The monoisotopic (exact) mass is 248 g/mol. The fourth-order valence-electron chi connectivity index (χ4n) is 2.57. The summed E-state index contributed by atoms with van der Waals surface area (Å²) in [4.78, 5) is 6.36. The average Bonchev–Trinajstić information content (AvgIpc) is 2.39. The summed E-state index contributed by atoms with van der Waals surface area (Å²) in [6.45, 7) is 2.12. The molecule has 5 nitrogen and oxygen atoms in total. The van der Waals surface area contributed by atoms with E-state index in [1.54, 1.807) is 18.5 Å². The molecule has 1 unspecified atom stereocenters. The molecule has 1 saturated heterocycles. The van der Waals surface area contributed by atoms with Crippen LogP contribution in [0.3, 0.4) is 0 Å². The molecule has 1 atom stereocenters. The number of anilines is 1. The van der Waals surface area contributed by atoms with Crippen molar-refractivity contribution in [3.05, 3.63) is 24.0 Å². The molecule has 1 fully saturated rings. The summed E-state index contributed by atoms with van der Waals surface area (Å²) in [5.41, 5.74) is 7.29. The molecular weight excluding hydrogens is 228 g/mol. The van der Waals surface area contributed by atoms with E-state index in [1.807, 2.05) is 0 Å². The van der Waals surface area contributed by atoms with Crippen LogP contribution in [0.2, 0.25) is 0 Å². The highest BCUT2D eigenvalue weighted by molar-refractivity contribution is 6.00. The van der Waals surface area contributed by atoms with E-state index >= 15 is 0 Å². The summed E-state index contributed by atoms with van der Waals surface area (Å²) < 4.78 is 0. The highest BCUT2D eigenvalue weighted by atomic mass is 16.3. The smallest absolute Gasteiger partial charge is 0.125 e. The van der Waals surface area contributed by atoms with E-state index in [-0.39, 0.29) is 12.4 Å². The lowest BCUT2D eigenvalue weighted by molar-refractivity contribution is 0.244. The minimum atomic E-state index is 0.0803. The maximum atomic E-state index is 9.03. The third-order valence-electron chi connectivity index (χ3n) is 3.49. The van der Waals surface area contributed by atoms with Gasteiger partial charge in [0.15, 0.2) is 0 Å². The van der Waals surface area contributed by atoms with Gasteiger partial charge in [-0.3, -0.25) is 10.4 Å². The number of nitrogens with one attached hydrogen (secondary N) is 1. The Morgan fingerprint density at radius 1 is 1.61 bits per heavy atom. The number of aliphatic hydroxyl groups is 1. The number of hydrogen-bond donors (Lipinski definition) is 3. The Morgan fingerprint density at radius 2 is 2.44 bits per heavy atom. The highest BCUT2D eigenvalue weighted by Crippen LogP contribution is 2.26. The number of hydrogen-bond acceptors (Lipinski definition) is 4. The zero-order valence-corrected chi connectivity index (χ0v) is 10.5. The molecule has 1 aromatic heterocycles. The summed E-state index contributed by atoms with van der Waals surface area (Å²) in [5.74, 6) is 0.598. The van der Waals surface area contributed by atoms with Gasteiger partial charge in [0.1, 0.15) is 5.84 Å². The summed E-state index contributed by atoms with van der Waals surface area (Å²) >= 11 is 0. The van der Waals surface area contributed by atoms with E-state index in [4.69, 9.17) is 16.2 Å². The lowest BCUT2D eigenvalue weighted by Gasteiger charge is -2.35. The molecule has 5 heteroatoms. The second-order valence-electron chi connectivity index (χ2n) is 4.77. The Labute approximate surface area is 107 Å². The van der Waals surface area contributed by atoms with Crippen LogP contribution in [0.15, 0.2) is 18.5 Å². The van der Waals surface area contributed by atoms with Crippen molar-refractivity contribution in [1.82, 2.24) is 4.98 Å². The van der Waals surface area contributed by atoms with Gasteiger partial charge in [-0.15, -0.1) is 0 Å². The van der Waals surface area contributed by atoms with Crippen LogP contribution < -0.4 is 10.6 Å². The number of rotatable bonds is 4. The lowest BCUT2D eigenvalue weighted by Crippen LogP contribution is -2.37. The lowest BCUT2D eigenvalue weighted by atomic mass is 9.94. The van der Waals surface area contributed by atoms with Crippen molar-refractivity contribution in [2.45, 2.75) is 19.3 Å². The molecule has 2 heterocycles. The number of amidine groups is 1. The van der Waals surface area contributed by atoms with Gasteiger partial charge in [-0.05, 0) is 31.2 Å². The van der Waals surface area contributed by atoms with Crippen LogP contribution in [0.4, 0.5) is 5.69 Å². The molecule has 4 N–H and O–H groups in total. The molecule has 0 aliphatic carbocycles. The minimum Gasteiger partial charge on any atom is -0.396 e. The van der Waals surface area contributed by atoms with Gasteiger partial charge in [-0.1, -0.05) is 0 Å². The maximum absolute atomic E-state index is 9.03. The molecule has 0 aromatic carbocycles. The van der Waals surface area contributed by atoms with E-state index in [0.717, 1.165) is 43.6 Å². The molecule has 0 amide bonds. The normalized spacial score (nSPS) is 19.8. The number of nitrogen functional groups attached to an aromatic ring is 1. The standard InChI is InChI=1S/C13H20N4O/c14-13(15)11-3-5-16-8-12(11)17-6-1-2-10(9-17)4-7-18/h3,5,8,10,18H,1-2,4,6-7,9H2,(H3,14,15). The van der Waals surface area contributed by atoms with Crippen LogP contribution in [0, 0.1) is 11.3 Å². The average molecular weight is 248 g/mol. The van der Waals surface area contributed by atoms with Gasteiger partial charge in [0, 0.05) is 31.5 Å². The topological polar surface area (TPSA) is 86.2 Å². The van der Waals surface area contributed by atoms with E-state index in [2.05, 4.69) is 9.88 Å². The minimum absolute atomic E-state index is 0.0803. The summed E-state index contributed by atoms with van der Waals surface area (Å²) in [6, 6.07) is 1.79. The van der Waals surface area contributed by atoms with Crippen molar-refractivity contribution in [1.29, 1.82) is 5.41 Å². The Bertz CT molecular complexity index is 419. The first-order valence-corrected chi connectivity index (χ1v) is 6.36. The molecule has 2 rings (SSSR count). The third-order valence-corrected chi connectivity index (χ3v) is 3.49. The van der Waals surface area contributed by atoms with Gasteiger partial charge >= 0.3 is 0 Å². The van der Waals surface area contributed by atoms with Crippen LogP contribution in [0.25, 0.3) is 0 Å². The van der Waals surface area contributed by atoms with Crippen LogP contribution in [0.5, 0.6) is 0 Å². The maximum Gasteiger partial charge on any atom is 0.125 e. The van der Waals surface area contributed by atoms with Crippen LogP contribution in [-0.4, -0.2) is 35.6 Å². The first-order valence-electron chi connectivity index (χ1n) is 6.36. The number of pyridine rings is 1. The van der Waals surface area contributed by atoms with Gasteiger partial charge in [-0.25, -0.2) is 0 Å². The molecule has 0 bridgehead atoms. The van der Waals surface area contributed by atoms with Crippen molar-refractivity contribution in [2.24, 2.45) is 11.7 Å². The molecule has 98 valence electrons. The molecule has 1 aliphatic heterocycles. The van der Waals surface area contributed by atoms with Crippen LogP contribution >= 0.6 is 0 Å². The zero-order valence-electron chi connectivity index (χ0n) is 10.5. The number of nitrogens with zero attached hydrogens (tertiary/aromatic N) is 2. The number of aliphatic hydroxyl groups excluding tert-OH is 1. The third kappa shape index (κ3) is 2.79. The fraction of sp³-hybridized carbons (Fsp3) is 0.538. The zero-order chi connectivity index (χ0) is 13.0. The molecule has 1 aliphatic rings. The number of aromatic nitrogens is 1. The van der Waals surface area contributed by atoms with Gasteiger partial charge < -0.3 is 15.7 Å². The number of nitrogens with two attached hydrogens (primary N) is 1. The van der Waals surface area contributed by atoms with E-state index < -0.39 is 0 Å². The number of piperidine rings is 1. The Hall–Kier alpha value is -1.62. The van der Waals surface area contributed by atoms with Gasteiger partial charge in [0.05, 0.1) is 11.9 Å². The molecule has 0 radical (unpaired) electrons. The second kappa shape index (κ2) is 5.82. The Morgan fingerprint density at radius 3 is 3.17 bits per heavy atom. The Kier molecular flexibility index (Phi) is 4.15. The predicted molar refractivity (Wildman–Crippen MR) is 71.9 cm³/mol. The summed E-state index contributed by atoms with van der Waals surface area (Å²) in [5, 5.41) is 16.6.